The Hall–Kier alpha value is -2.14. The van der Waals surface area contributed by atoms with E-state index in [1.54, 1.807) is 0 Å². The van der Waals surface area contributed by atoms with Gasteiger partial charge >= 0.3 is 0 Å². The summed E-state index contributed by atoms with van der Waals surface area (Å²) in [7, 11) is 0. The van der Waals surface area contributed by atoms with Gasteiger partial charge in [-0.15, -0.1) is 11.3 Å². The minimum Gasteiger partial charge on any atom is -0.341 e. The molecule has 0 atom stereocenters. The first kappa shape index (κ1) is 17.7. The van der Waals surface area contributed by atoms with E-state index in [1.165, 1.54) is 22.5 Å². The minimum atomic E-state index is 0.0870. The van der Waals surface area contributed by atoms with Crippen LogP contribution in [-0.4, -0.2) is 47.8 Å². The van der Waals surface area contributed by atoms with Crippen LogP contribution in [0.15, 0.2) is 41.8 Å². The number of amides is 2. The number of thiophene rings is 1. The number of aryl methyl sites for hydroxylation is 2. The van der Waals surface area contributed by atoms with E-state index in [0.717, 1.165) is 30.8 Å². The molecule has 1 aliphatic heterocycles. The molecule has 2 aromatic rings. The topological polar surface area (TPSA) is 40.6 Å². The first-order valence-corrected chi connectivity index (χ1v) is 9.67. The van der Waals surface area contributed by atoms with Gasteiger partial charge in [0, 0.05) is 32.6 Å². The van der Waals surface area contributed by atoms with E-state index in [-0.39, 0.29) is 11.8 Å². The average molecular weight is 356 g/mol. The molecular formula is C20H24N2O2S. The second-order valence-corrected chi connectivity index (χ2v) is 7.44. The Labute approximate surface area is 153 Å². The maximum Gasteiger partial charge on any atom is 0.263 e. The molecule has 0 unspecified atom stereocenters. The number of carbonyl (C=O) groups is 2. The van der Waals surface area contributed by atoms with Crippen molar-refractivity contribution in [1.82, 2.24) is 9.80 Å². The van der Waals surface area contributed by atoms with Crippen molar-refractivity contribution in [3.05, 3.63) is 57.8 Å². The minimum absolute atomic E-state index is 0.0870. The van der Waals surface area contributed by atoms with Crippen molar-refractivity contribution >= 4 is 23.2 Å². The van der Waals surface area contributed by atoms with Crippen LogP contribution in [0.2, 0.25) is 0 Å². The molecule has 0 aliphatic carbocycles. The highest BCUT2D eigenvalue weighted by molar-refractivity contribution is 7.12. The van der Waals surface area contributed by atoms with Crippen LogP contribution in [0.3, 0.4) is 0 Å². The molecule has 1 aliphatic rings. The highest BCUT2D eigenvalue weighted by atomic mass is 32.1. The summed E-state index contributed by atoms with van der Waals surface area (Å²) < 4.78 is 0. The average Bonchev–Trinajstić information content (AvgIpc) is 3.05. The van der Waals surface area contributed by atoms with Crippen LogP contribution in [0.25, 0.3) is 0 Å². The standard InChI is InChI=1S/C20H24N2O2S/c1-16-5-7-17(8-6-16)9-10-19(23)21-11-3-12-22(14-13-21)20(24)18-4-2-15-25-18/h2,4-8,15H,3,9-14H2,1H3. The van der Waals surface area contributed by atoms with Crippen molar-refractivity contribution in [2.24, 2.45) is 0 Å². The Morgan fingerprint density at radius 1 is 1.00 bits per heavy atom. The molecule has 1 aromatic heterocycles. The zero-order valence-electron chi connectivity index (χ0n) is 14.6. The van der Waals surface area contributed by atoms with Crippen molar-refractivity contribution in [3.8, 4) is 0 Å². The number of hydrogen-bond acceptors (Lipinski definition) is 3. The van der Waals surface area contributed by atoms with Gasteiger partial charge in [0.2, 0.25) is 5.91 Å². The zero-order chi connectivity index (χ0) is 17.6. The molecule has 1 aromatic carbocycles. The summed E-state index contributed by atoms with van der Waals surface area (Å²) in [5.41, 5.74) is 2.43. The maximum absolute atomic E-state index is 12.5. The maximum atomic E-state index is 12.5. The molecule has 0 spiro atoms. The molecule has 2 amide bonds. The van der Waals surface area contributed by atoms with Gasteiger partial charge in [0.15, 0.2) is 0 Å². The van der Waals surface area contributed by atoms with Crippen molar-refractivity contribution in [2.45, 2.75) is 26.2 Å². The SMILES string of the molecule is Cc1ccc(CCC(=O)N2CCCN(C(=O)c3cccs3)CC2)cc1. The Morgan fingerprint density at radius 2 is 1.72 bits per heavy atom. The monoisotopic (exact) mass is 356 g/mol. The van der Waals surface area contributed by atoms with E-state index in [1.807, 2.05) is 27.3 Å². The molecule has 3 rings (SSSR count). The van der Waals surface area contributed by atoms with E-state index >= 15 is 0 Å². The van der Waals surface area contributed by atoms with Gasteiger partial charge in [-0.1, -0.05) is 35.9 Å². The Morgan fingerprint density at radius 3 is 2.44 bits per heavy atom. The molecule has 5 heteroatoms. The molecule has 2 heterocycles. The highest BCUT2D eigenvalue weighted by Crippen LogP contribution is 2.15. The van der Waals surface area contributed by atoms with Crippen molar-refractivity contribution in [3.63, 3.8) is 0 Å². The third-order valence-electron chi connectivity index (χ3n) is 4.62. The smallest absolute Gasteiger partial charge is 0.263 e. The Bertz CT molecular complexity index is 710. The van der Waals surface area contributed by atoms with Crippen molar-refractivity contribution in [2.75, 3.05) is 26.2 Å². The molecule has 25 heavy (non-hydrogen) atoms. The largest absolute Gasteiger partial charge is 0.341 e. The van der Waals surface area contributed by atoms with Gasteiger partial charge in [-0.3, -0.25) is 9.59 Å². The lowest BCUT2D eigenvalue weighted by atomic mass is 10.1. The first-order chi connectivity index (χ1) is 12.1. The van der Waals surface area contributed by atoms with E-state index in [2.05, 4.69) is 31.2 Å². The second kappa shape index (κ2) is 8.30. The summed E-state index contributed by atoms with van der Waals surface area (Å²) in [4.78, 5) is 29.5. The lowest BCUT2D eigenvalue weighted by Gasteiger charge is -2.22. The fraction of sp³-hybridized carbons (Fsp3) is 0.400. The lowest BCUT2D eigenvalue weighted by molar-refractivity contribution is -0.131. The van der Waals surface area contributed by atoms with Crippen LogP contribution in [0.4, 0.5) is 0 Å². The van der Waals surface area contributed by atoms with Gasteiger partial charge in [0.25, 0.3) is 5.91 Å². The second-order valence-electron chi connectivity index (χ2n) is 6.49. The number of hydrogen-bond donors (Lipinski definition) is 0. The van der Waals surface area contributed by atoms with Crippen LogP contribution in [0.5, 0.6) is 0 Å². The van der Waals surface area contributed by atoms with Crippen LogP contribution in [0, 0.1) is 6.92 Å². The molecular weight excluding hydrogens is 332 g/mol. The van der Waals surface area contributed by atoms with E-state index in [9.17, 15) is 9.59 Å². The highest BCUT2D eigenvalue weighted by Gasteiger charge is 2.23. The third kappa shape index (κ3) is 4.69. The number of rotatable bonds is 4. The molecule has 0 saturated carbocycles. The Kier molecular flexibility index (Phi) is 5.87. The summed E-state index contributed by atoms with van der Waals surface area (Å²) in [6, 6.07) is 12.1. The number of benzene rings is 1. The predicted molar refractivity (Wildman–Crippen MR) is 101 cm³/mol. The van der Waals surface area contributed by atoms with Crippen LogP contribution >= 0.6 is 11.3 Å². The summed E-state index contributed by atoms with van der Waals surface area (Å²) in [5, 5.41) is 1.92. The van der Waals surface area contributed by atoms with Gasteiger partial charge in [0.1, 0.15) is 0 Å². The summed E-state index contributed by atoms with van der Waals surface area (Å²) in [6.07, 6.45) is 2.14. The van der Waals surface area contributed by atoms with E-state index in [4.69, 9.17) is 0 Å². The van der Waals surface area contributed by atoms with Gasteiger partial charge < -0.3 is 9.80 Å². The fourth-order valence-electron chi connectivity index (χ4n) is 3.09. The van der Waals surface area contributed by atoms with Crippen LogP contribution in [-0.2, 0) is 11.2 Å². The van der Waals surface area contributed by atoms with E-state index < -0.39 is 0 Å². The van der Waals surface area contributed by atoms with Gasteiger partial charge in [0.05, 0.1) is 4.88 Å². The molecule has 0 bridgehead atoms. The van der Waals surface area contributed by atoms with Gasteiger partial charge in [-0.05, 0) is 36.8 Å². The van der Waals surface area contributed by atoms with Gasteiger partial charge in [-0.25, -0.2) is 0 Å². The molecule has 4 nitrogen and oxygen atoms in total. The zero-order valence-corrected chi connectivity index (χ0v) is 15.4. The Balaban J connectivity index is 1.51. The number of carbonyl (C=O) groups excluding carboxylic acids is 2. The molecule has 0 radical (unpaired) electrons. The van der Waals surface area contributed by atoms with E-state index in [0.29, 0.717) is 19.5 Å². The normalized spacial score (nSPS) is 15.1. The molecule has 132 valence electrons. The quantitative estimate of drug-likeness (QED) is 0.843. The summed E-state index contributed by atoms with van der Waals surface area (Å²) >= 11 is 1.47. The summed E-state index contributed by atoms with van der Waals surface area (Å²) in [5.74, 6) is 0.273. The first-order valence-electron chi connectivity index (χ1n) is 8.79. The summed E-state index contributed by atoms with van der Waals surface area (Å²) in [6.45, 7) is 4.77. The van der Waals surface area contributed by atoms with Crippen molar-refractivity contribution in [1.29, 1.82) is 0 Å². The molecule has 0 N–H and O–H groups in total. The van der Waals surface area contributed by atoms with Crippen LogP contribution in [0.1, 0.15) is 33.6 Å². The predicted octanol–water partition coefficient (Wildman–Crippen LogP) is 3.36. The third-order valence-corrected chi connectivity index (χ3v) is 5.47. The van der Waals surface area contributed by atoms with Crippen LogP contribution < -0.4 is 0 Å². The lowest BCUT2D eigenvalue weighted by Crippen LogP contribution is -2.37. The fourth-order valence-corrected chi connectivity index (χ4v) is 3.78. The number of nitrogens with zero attached hydrogens (tertiary/aromatic N) is 2. The van der Waals surface area contributed by atoms with Crippen molar-refractivity contribution < 1.29 is 9.59 Å². The van der Waals surface area contributed by atoms with Gasteiger partial charge in [-0.2, -0.15) is 0 Å². The molecule has 1 fully saturated rings. The molecule has 1 saturated heterocycles.